The average Bonchev–Trinajstić information content (AvgIpc) is 3.04. The van der Waals surface area contributed by atoms with Crippen molar-refractivity contribution in [2.75, 3.05) is 25.1 Å². The van der Waals surface area contributed by atoms with Crippen molar-refractivity contribution < 1.29 is 28.5 Å². The van der Waals surface area contributed by atoms with Gasteiger partial charge in [-0.3, -0.25) is 9.69 Å². The molecular weight excluding hydrogens is 352 g/mol. The number of methoxy groups -OCH3 is 1. The largest absolute Gasteiger partial charge is 0.493 e. The maximum atomic E-state index is 12.2. The van der Waals surface area contributed by atoms with Gasteiger partial charge in [0.05, 0.1) is 25.9 Å². The number of cyclic esters (lactones) is 1. The molecule has 140 valence electrons. The third kappa shape index (κ3) is 3.21. The van der Waals surface area contributed by atoms with Crippen molar-refractivity contribution in [3.63, 3.8) is 0 Å². The minimum absolute atomic E-state index is 0.169. The van der Waals surface area contributed by atoms with Crippen molar-refractivity contribution in [1.29, 1.82) is 0 Å². The van der Waals surface area contributed by atoms with Crippen LogP contribution in [-0.2, 0) is 9.53 Å². The molecule has 1 atom stereocenters. The summed E-state index contributed by atoms with van der Waals surface area (Å²) < 4.78 is 22.4. The van der Waals surface area contributed by atoms with Crippen LogP contribution in [0.2, 0.25) is 0 Å². The highest BCUT2D eigenvalue weighted by Crippen LogP contribution is 2.50. The maximum absolute atomic E-state index is 12.2. The molecular formula is C19H18N2O6. The number of rotatable bonds is 4. The number of carbonyl (C=O) groups is 2. The molecule has 2 aromatic rings. The number of ether oxygens (including phenoxy) is 4. The average molecular weight is 370 g/mol. The lowest BCUT2D eigenvalue weighted by Gasteiger charge is -2.23. The Morgan fingerprint density at radius 3 is 2.85 bits per heavy atom. The molecule has 4 rings (SSSR count). The molecule has 1 unspecified atom stereocenters. The van der Waals surface area contributed by atoms with Crippen LogP contribution in [0.5, 0.6) is 28.7 Å². The van der Waals surface area contributed by atoms with Crippen LogP contribution in [0.25, 0.3) is 0 Å². The van der Waals surface area contributed by atoms with Gasteiger partial charge < -0.3 is 24.3 Å². The number of carbonyl (C=O) groups excluding carboxylic acids is 2. The van der Waals surface area contributed by atoms with E-state index in [4.69, 9.17) is 18.9 Å². The molecule has 2 amide bonds. The normalized spacial score (nSPS) is 17.2. The molecule has 27 heavy (non-hydrogen) atoms. The third-order valence-corrected chi connectivity index (χ3v) is 4.29. The summed E-state index contributed by atoms with van der Waals surface area (Å²) in [4.78, 5) is 24.7. The van der Waals surface area contributed by atoms with Gasteiger partial charge in [-0.1, -0.05) is 6.07 Å². The first kappa shape index (κ1) is 17.0. The molecule has 1 saturated heterocycles. The number of nitrogens with zero attached hydrogens (tertiary/aromatic N) is 1. The van der Waals surface area contributed by atoms with E-state index in [2.05, 4.69) is 5.32 Å². The van der Waals surface area contributed by atoms with Crippen molar-refractivity contribution in [1.82, 2.24) is 5.32 Å². The molecule has 0 aliphatic carbocycles. The SMILES string of the molecule is COc1cccc2c1Oc1ccc(N3CC(CNC(C)=O)OC3=O)cc1O2. The van der Waals surface area contributed by atoms with Gasteiger partial charge in [0, 0.05) is 13.0 Å². The number of hydrogen-bond acceptors (Lipinski definition) is 6. The van der Waals surface area contributed by atoms with Crippen molar-refractivity contribution in [2.24, 2.45) is 0 Å². The molecule has 0 saturated carbocycles. The van der Waals surface area contributed by atoms with E-state index in [1.54, 1.807) is 43.5 Å². The molecule has 8 heteroatoms. The lowest BCUT2D eigenvalue weighted by molar-refractivity contribution is -0.119. The predicted molar refractivity (Wildman–Crippen MR) is 95.9 cm³/mol. The molecule has 0 aromatic heterocycles. The van der Waals surface area contributed by atoms with Crippen LogP contribution < -0.4 is 24.4 Å². The first-order valence-electron chi connectivity index (χ1n) is 8.44. The summed E-state index contributed by atoms with van der Waals surface area (Å²) in [5.74, 6) is 2.47. The van der Waals surface area contributed by atoms with Crippen molar-refractivity contribution in [2.45, 2.75) is 13.0 Å². The zero-order chi connectivity index (χ0) is 19.0. The highest BCUT2D eigenvalue weighted by molar-refractivity contribution is 5.90. The Hall–Kier alpha value is -3.42. The molecule has 1 fully saturated rings. The minimum Gasteiger partial charge on any atom is -0.493 e. The van der Waals surface area contributed by atoms with Crippen molar-refractivity contribution in [3.05, 3.63) is 36.4 Å². The Labute approximate surface area is 155 Å². The molecule has 8 nitrogen and oxygen atoms in total. The fourth-order valence-electron chi connectivity index (χ4n) is 2.99. The lowest BCUT2D eigenvalue weighted by Crippen LogP contribution is -2.33. The van der Waals surface area contributed by atoms with Crippen LogP contribution in [0.1, 0.15) is 6.92 Å². The quantitative estimate of drug-likeness (QED) is 0.760. The van der Waals surface area contributed by atoms with Gasteiger partial charge in [0.25, 0.3) is 0 Å². The minimum atomic E-state index is -0.468. The molecule has 2 aliphatic heterocycles. The first-order valence-corrected chi connectivity index (χ1v) is 8.44. The van der Waals surface area contributed by atoms with Crippen LogP contribution in [0.4, 0.5) is 10.5 Å². The summed E-state index contributed by atoms with van der Waals surface area (Å²) >= 11 is 0. The van der Waals surface area contributed by atoms with Gasteiger partial charge in [-0.15, -0.1) is 0 Å². The van der Waals surface area contributed by atoms with E-state index in [0.29, 0.717) is 41.0 Å². The summed E-state index contributed by atoms with van der Waals surface area (Å²) in [7, 11) is 1.56. The van der Waals surface area contributed by atoms with Crippen LogP contribution in [-0.4, -0.2) is 38.3 Å². The second kappa shape index (κ2) is 6.71. The summed E-state index contributed by atoms with van der Waals surface area (Å²) in [5.41, 5.74) is 0.624. The Morgan fingerprint density at radius 2 is 2.07 bits per heavy atom. The predicted octanol–water partition coefficient (Wildman–Crippen LogP) is 3.05. The van der Waals surface area contributed by atoms with E-state index in [-0.39, 0.29) is 12.5 Å². The topological polar surface area (TPSA) is 86.3 Å². The molecule has 2 aliphatic rings. The number of amides is 2. The summed E-state index contributed by atoms with van der Waals surface area (Å²) in [6.07, 6.45) is -0.872. The number of benzene rings is 2. The van der Waals surface area contributed by atoms with Gasteiger partial charge in [0.2, 0.25) is 11.7 Å². The Kier molecular flexibility index (Phi) is 4.23. The summed E-state index contributed by atoms with van der Waals surface area (Å²) in [6, 6.07) is 10.6. The van der Waals surface area contributed by atoms with Gasteiger partial charge in [0.15, 0.2) is 23.0 Å². The van der Waals surface area contributed by atoms with E-state index in [0.717, 1.165) is 0 Å². The highest BCUT2D eigenvalue weighted by Gasteiger charge is 2.33. The van der Waals surface area contributed by atoms with E-state index >= 15 is 0 Å². The lowest BCUT2D eigenvalue weighted by atomic mass is 10.2. The molecule has 2 heterocycles. The van der Waals surface area contributed by atoms with Gasteiger partial charge in [-0.05, 0) is 24.3 Å². The van der Waals surface area contributed by atoms with Crippen LogP contribution in [0.15, 0.2) is 36.4 Å². The summed E-state index contributed by atoms with van der Waals surface area (Å²) in [6.45, 7) is 2.03. The van der Waals surface area contributed by atoms with Gasteiger partial charge in [0.1, 0.15) is 6.10 Å². The number of anilines is 1. The number of hydrogen-bond donors (Lipinski definition) is 1. The zero-order valence-corrected chi connectivity index (χ0v) is 14.9. The van der Waals surface area contributed by atoms with E-state index < -0.39 is 12.2 Å². The Morgan fingerprint density at radius 1 is 1.22 bits per heavy atom. The smallest absolute Gasteiger partial charge is 0.414 e. The number of fused-ring (bicyclic) bond motifs is 2. The van der Waals surface area contributed by atoms with E-state index in [1.165, 1.54) is 11.8 Å². The monoisotopic (exact) mass is 370 g/mol. The molecule has 1 N–H and O–H groups in total. The van der Waals surface area contributed by atoms with Crippen LogP contribution in [0.3, 0.4) is 0 Å². The van der Waals surface area contributed by atoms with Gasteiger partial charge in [-0.2, -0.15) is 0 Å². The van der Waals surface area contributed by atoms with E-state index in [9.17, 15) is 9.59 Å². The molecule has 0 bridgehead atoms. The third-order valence-electron chi connectivity index (χ3n) is 4.29. The fourth-order valence-corrected chi connectivity index (χ4v) is 2.99. The van der Waals surface area contributed by atoms with Crippen LogP contribution in [0, 0.1) is 0 Å². The van der Waals surface area contributed by atoms with Crippen LogP contribution >= 0.6 is 0 Å². The highest BCUT2D eigenvalue weighted by atomic mass is 16.6. The number of para-hydroxylation sites is 1. The zero-order valence-electron chi connectivity index (χ0n) is 14.9. The van der Waals surface area contributed by atoms with Gasteiger partial charge >= 0.3 is 6.09 Å². The van der Waals surface area contributed by atoms with Crippen molar-refractivity contribution in [3.8, 4) is 28.7 Å². The van der Waals surface area contributed by atoms with Gasteiger partial charge in [-0.25, -0.2) is 4.79 Å². The molecule has 2 aromatic carbocycles. The number of nitrogens with one attached hydrogen (secondary N) is 1. The Balaban J connectivity index is 1.55. The van der Waals surface area contributed by atoms with E-state index in [1.807, 2.05) is 0 Å². The second-order valence-electron chi connectivity index (χ2n) is 6.18. The van der Waals surface area contributed by atoms with Crippen molar-refractivity contribution >= 4 is 17.7 Å². The maximum Gasteiger partial charge on any atom is 0.414 e. The molecule has 0 radical (unpaired) electrons. The fraction of sp³-hybridized carbons (Fsp3) is 0.263. The first-order chi connectivity index (χ1) is 13.0. The standard InChI is InChI=1S/C19H18N2O6/c1-11(22)20-9-13-10-21(19(23)25-13)12-6-7-14-17(8-12)26-16-5-3-4-15(24-2)18(16)27-14/h3-8,13H,9-10H2,1-2H3,(H,20,22). The summed E-state index contributed by atoms with van der Waals surface area (Å²) in [5, 5.41) is 2.65. The Bertz CT molecular complexity index is 913. The second-order valence-corrected chi connectivity index (χ2v) is 6.18. The molecule has 0 spiro atoms.